The van der Waals surface area contributed by atoms with Crippen LogP contribution in [0.1, 0.15) is 6.92 Å². The molecule has 2 aliphatic rings. The van der Waals surface area contributed by atoms with Gasteiger partial charge in [0, 0.05) is 86.9 Å². The van der Waals surface area contributed by atoms with E-state index in [0.29, 0.717) is 30.3 Å². The quantitative estimate of drug-likeness (QED) is 0.0994. The second-order valence-corrected chi connectivity index (χ2v) is 14.5. The van der Waals surface area contributed by atoms with Gasteiger partial charge in [0.25, 0.3) is 0 Å². The maximum atomic E-state index is 9.22. The SMILES string of the molecule is CCOc1nc(N2CCNCC2)nc2c1[nH]c1cc(-c3ccccc3N)cc(OC)c12.OCCOc1nc(N2CCNCC2)nc2c1[nH]c1cc(-c3ccncc3)ccc12. The molecule has 5 aromatic heterocycles. The number of ether oxygens (including phenoxy) is 3. The molecule has 0 aliphatic carbocycles. The van der Waals surface area contributed by atoms with Crippen LogP contribution in [-0.2, 0) is 0 Å². The van der Waals surface area contributed by atoms with Crippen LogP contribution < -0.4 is 40.4 Å². The summed E-state index contributed by atoms with van der Waals surface area (Å²) in [7, 11) is 1.67. The summed E-state index contributed by atoms with van der Waals surface area (Å²) in [6.07, 6.45) is 3.58. The smallest absolute Gasteiger partial charge is 0.243 e. The number of hydrogen-bond donors (Lipinski definition) is 6. The number of nitrogens with one attached hydrogen (secondary N) is 4. The number of hydrogen-bond acceptors (Lipinski definition) is 14. The van der Waals surface area contributed by atoms with Gasteiger partial charge in [0.1, 0.15) is 34.4 Å². The average Bonchev–Trinajstić information content (AvgIpc) is 3.87. The largest absolute Gasteiger partial charge is 0.496 e. The fraction of sp³-hybridized carbons (Fsp3) is 0.295. The van der Waals surface area contributed by atoms with Crippen LogP contribution in [0.2, 0.25) is 0 Å². The van der Waals surface area contributed by atoms with Gasteiger partial charge in [-0.3, -0.25) is 4.98 Å². The zero-order chi connectivity index (χ0) is 41.0. The summed E-state index contributed by atoms with van der Waals surface area (Å²) < 4.78 is 17.5. The molecule has 2 aliphatic heterocycles. The zero-order valence-corrected chi connectivity index (χ0v) is 33.7. The predicted octanol–water partition coefficient (Wildman–Crippen LogP) is 5.13. The number of rotatable bonds is 10. The Morgan fingerprint density at radius 1 is 0.700 bits per heavy atom. The van der Waals surface area contributed by atoms with Crippen molar-refractivity contribution in [1.82, 2.24) is 45.5 Å². The maximum absolute atomic E-state index is 9.22. The molecule has 0 bridgehead atoms. The standard InChI is InChI=1S/C23H26N6O2.C21H22N6O2/c1-3-31-22-21-20(27-23(28-22)29-10-8-25-9-11-29)19-17(26-21)12-14(13-18(19)30-2)15-6-4-5-7-16(15)24;28-11-12-29-20-19-18(25-21(26-20)27-9-7-23-8-10-27)16-2-1-15(13-17(16)24-19)14-3-5-22-6-4-14/h4-7,12-13,25-26H,3,8-11,24H2,1-2H3;1-6,13,23-24,28H,7-12H2. The van der Waals surface area contributed by atoms with Crippen molar-refractivity contribution < 1.29 is 19.3 Å². The topological polar surface area (TPSA) is 201 Å². The van der Waals surface area contributed by atoms with Gasteiger partial charge in [0.05, 0.1) is 31.2 Å². The number of benzene rings is 3. The van der Waals surface area contributed by atoms with Gasteiger partial charge in [-0.05, 0) is 60.0 Å². The van der Waals surface area contributed by atoms with Gasteiger partial charge in [-0.1, -0.05) is 30.3 Å². The van der Waals surface area contributed by atoms with E-state index in [-0.39, 0.29) is 13.2 Å². The molecule has 16 heteroatoms. The van der Waals surface area contributed by atoms with Crippen LogP contribution in [-0.4, -0.2) is 119 Å². The third kappa shape index (κ3) is 7.63. The Morgan fingerprint density at radius 3 is 2.00 bits per heavy atom. The highest BCUT2D eigenvalue weighted by molar-refractivity contribution is 6.11. The first-order chi connectivity index (χ1) is 29.5. The molecule has 0 amide bonds. The van der Waals surface area contributed by atoms with E-state index in [0.717, 1.165) is 130 Å². The van der Waals surface area contributed by atoms with Gasteiger partial charge in [0.15, 0.2) is 0 Å². The Labute approximate surface area is 346 Å². The number of aromatic amines is 2. The zero-order valence-electron chi connectivity index (χ0n) is 33.7. The number of fused-ring (bicyclic) bond motifs is 6. The summed E-state index contributed by atoms with van der Waals surface area (Å²) in [5.41, 5.74) is 16.1. The number of piperazine rings is 2. The lowest BCUT2D eigenvalue weighted by Crippen LogP contribution is -2.44. The molecule has 2 saturated heterocycles. The second kappa shape index (κ2) is 17.2. The minimum atomic E-state index is -0.0686. The summed E-state index contributed by atoms with van der Waals surface area (Å²) in [6, 6.07) is 22.1. The number of aliphatic hydroxyl groups excluding tert-OH is 1. The van der Waals surface area contributed by atoms with Crippen LogP contribution >= 0.6 is 0 Å². The summed E-state index contributed by atoms with van der Waals surface area (Å²) in [4.78, 5) is 34.5. The molecule has 0 saturated carbocycles. The number of nitrogens with zero attached hydrogens (tertiary/aromatic N) is 7. The number of nitrogen functional groups attached to an aromatic ring is 1. The molecule has 7 N–H and O–H groups in total. The fourth-order valence-electron chi connectivity index (χ4n) is 7.84. The van der Waals surface area contributed by atoms with Crippen molar-refractivity contribution in [3.63, 3.8) is 0 Å². The molecule has 3 aromatic carbocycles. The summed E-state index contributed by atoms with van der Waals surface area (Å²) in [6.45, 7) is 9.61. The van der Waals surface area contributed by atoms with E-state index >= 15 is 0 Å². The van der Waals surface area contributed by atoms with Gasteiger partial charge < -0.3 is 55.5 Å². The van der Waals surface area contributed by atoms with Crippen LogP contribution in [0.4, 0.5) is 17.6 Å². The van der Waals surface area contributed by atoms with Gasteiger partial charge in [0.2, 0.25) is 23.7 Å². The highest BCUT2D eigenvalue weighted by Crippen LogP contribution is 2.40. The second-order valence-electron chi connectivity index (χ2n) is 14.5. The lowest BCUT2D eigenvalue weighted by molar-refractivity contribution is 0.198. The summed E-state index contributed by atoms with van der Waals surface area (Å²) in [5, 5.41) is 17.9. The molecule has 0 atom stereocenters. The number of H-pyrrole nitrogens is 2. The van der Waals surface area contributed by atoms with Crippen LogP contribution in [0.5, 0.6) is 17.5 Å². The van der Waals surface area contributed by atoms with Crippen molar-refractivity contribution in [2.24, 2.45) is 0 Å². The molecule has 10 rings (SSSR count). The van der Waals surface area contributed by atoms with Crippen LogP contribution in [0.3, 0.4) is 0 Å². The first-order valence-electron chi connectivity index (χ1n) is 20.3. The molecular weight excluding hydrogens is 761 g/mol. The van der Waals surface area contributed by atoms with E-state index in [1.807, 2.05) is 49.4 Å². The van der Waals surface area contributed by atoms with Crippen molar-refractivity contribution in [1.29, 1.82) is 0 Å². The highest BCUT2D eigenvalue weighted by Gasteiger charge is 2.23. The number of aromatic nitrogens is 7. The Bertz CT molecular complexity index is 2760. The van der Waals surface area contributed by atoms with E-state index in [1.165, 1.54) is 0 Å². The first-order valence-corrected chi connectivity index (χ1v) is 20.3. The van der Waals surface area contributed by atoms with E-state index < -0.39 is 0 Å². The molecule has 60 heavy (non-hydrogen) atoms. The van der Waals surface area contributed by atoms with Crippen molar-refractivity contribution >= 4 is 61.5 Å². The summed E-state index contributed by atoms with van der Waals surface area (Å²) in [5.74, 6) is 3.09. The minimum absolute atomic E-state index is 0.0686. The average molecular weight is 809 g/mol. The Hall–Kier alpha value is -6.75. The normalized spacial score (nSPS) is 14.4. The molecule has 308 valence electrons. The number of para-hydroxylation sites is 1. The van der Waals surface area contributed by atoms with E-state index in [4.69, 9.17) is 34.9 Å². The van der Waals surface area contributed by atoms with Crippen LogP contribution in [0.25, 0.3) is 66.1 Å². The number of pyridine rings is 1. The van der Waals surface area contributed by atoms with Crippen molar-refractivity contribution in [3.05, 3.63) is 79.1 Å². The Kier molecular flexibility index (Phi) is 11.1. The fourth-order valence-corrected chi connectivity index (χ4v) is 7.84. The van der Waals surface area contributed by atoms with Gasteiger partial charge in [-0.15, -0.1) is 0 Å². The summed E-state index contributed by atoms with van der Waals surface area (Å²) >= 11 is 0. The van der Waals surface area contributed by atoms with Gasteiger partial charge >= 0.3 is 0 Å². The Morgan fingerprint density at radius 2 is 1.33 bits per heavy atom. The van der Waals surface area contributed by atoms with Gasteiger partial charge in [-0.2, -0.15) is 9.97 Å². The first kappa shape index (κ1) is 38.8. The number of anilines is 3. The number of methoxy groups -OCH3 is 1. The third-order valence-electron chi connectivity index (χ3n) is 10.8. The molecule has 2 fully saturated rings. The molecule has 7 heterocycles. The predicted molar refractivity (Wildman–Crippen MR) is 236 cm³/mol. The van der Waals surface area contributed by atoms with Gasteiger partial charge in [-0.25, -0.2) is 9.97 Å². The Balaban J connectivity index is 0.000000154. The van der Waals surface area contributed by atoms with E-state index in [9.17, 15) is 5.11 Å². The molecule has 0 spiro atoms. The maximum Gasteiger partial charge on any atom is 0.243 e. The lowest BCUT2D eigenvalue weighted by atomic mass is 10.0. The van der Waals surface area contributed by atoms with Crippen molar-refractivity contribution in [2.45, 2.75) is 6.92 Å². The van der Waals surface area contributed by atoms with Crippen molar-refractivity contribution in [2.75, 3.05) is 94.8 Å². The van der Waals surface area contributed by atoms with Crippen LogP contribution in [0, 0.1) is 0 Å². The number of nitrogens with two attached hydrogens (primary N) is 1. The molecule has 16 nitrogen and oxygen atoms in total. The monoisotopic (exact) mass is 808 g/mol. The molecule has 0 radical (unpaired) electrons. The van der Waals surface area contributed by atoms with E-state index in [1.54, 1.807) is 19.5 Å². The molecule has 0 unspecified atom stereocenters. The van der Waals surface area contributed by atoms with Crippen molar-refractivity contribution in [3.8, 4) is 39.8 Å². The minimum Gasteiger partial charge on any atom is -0.496 e. The number of aliphatic hydroxyl groups is 1. The van der Waals surface area contributed by atoms with Crippen LogP contribution in [0.15, 0.2) is 79.1 Å². The highest BCUT2D eigenvalue weighted by atomic mass is 16.5. The molecular formula is C44H48N12O4. The lowest BCUT2D eigenvalue weighted by Gasteiger charge is -2.27. The van der Waals surface area contributed by atoms with E-state index in [2.05, 4.69) is 64.6 Å². The third-order valence-corrected chi connectivity index (χ3v) is 10.8. The molecule has 8 aromatic rings.